The first kappa shape index (κ1) is 10.6. The van der Waals surface area contributed by atoms with E-state index in [1.165, 1.54) is 0 Å². The summed E-state index contributed by atoms with van der Waals surface area (Å²) >= 11 is 0. The molecular formula is C9H20N2. The van der Waals surface area contributed by atoms with Crippen LogP contribution in [0.5, 0.6) is 0 Å². The molecule has 0 fully saturated rings. The fourth-order valence-electron chi connectivity index (χ4n) is 1.34. The molecule has 0 aliphatic heterocycles. The van der Waals surface area contributed by atoms with Crippen LogP contribution in [0.15, 0.2) is 5.11 Å². The van der Waals surface area contributed by atoms with Crippen LogP contribution < -0.4 is 0 Å². The molecule has 0 aliphatic carbocycles. The van der Waals surface area contributed by atoms with Crippen LogP contribution in [0.4, 0.5) is 0 Å². The number of hydrogen-bond acceptors (Lipinski definition) is 2. The van der Waals surface area contributed by atoms with Gasteiger partial charge in [-0.2, -0.15) is 5.11 Å². The molecule has 0 spiro atoms. The van der Waals surface area contributed by atoms with Crippen molar-refractivity contribution in [3.05, 3.63) is 0 Å². The van der Waals surface area contributed by atoms with Crippen LogP contribution in [0.3, 0.4) is 0 Å². The van der Waals surface area contributed by atoms with E-state index in [1.807, 2.05) is 13.8 Å². The molecule has 0 amide bonds. The van der Waals surface area contributed by atoms with Gasteiger partial charge in [0.1, 0.15) is 0 Å². The van der Waals surface area contributed by atoms with Crippen molar-refractivity contribution in [1.82, 2.24) is 0 Å². The lowest BCUT2D eigenvalue weighted by atomic mass is 9.79. The summed E-state index contributed by atoms with van der Waals surface area (Å²) in [7, 11) is 0. The minimum atomic E-state index is -0.181. The Bertz CT molecular complexity index is 136. The van der Waals surface area contributed by atoms with E-state index in [1.54, 1.807) is 0 Å². The Kier molecular flexibility index (Phi) is 3.21. The van der Waals surface area contributed by atoms with Gasteiger partial charge in [-0.15, -0.1) is 0 Å². The Morgan fingerprint density at radius 1 is 1.18 bits per heavy atom. The number of nitrogens with zero attached hydrogens (tertiary/aromatic N) is 1. The van der Waals surface area contributed by atoms with Gasteiger partial charge < -0.3 is 0 Å². The summed E-state index contributed by atoms with van der Waals surface area (Å²) in [6.07, 6.45) is 2.13. The van der Waals surface area contributed by atoms with Crippen LogP contribution in [-0.4, -0.2) is 5.54 Å². The van der Waals surface area contributed by atoms with Crippen LogP contribution in [0.2, 0.25) is 0 Å². The molecule has 1 N–H and O–H groups in total. The van der Waals surface area contributed by atoms with Crippen molar-refractivity contribution in [2.75, 3.05) is 0 Å². The van der Waals surface area contributed by atoms with Gasteiger partial charge in [-0.1, -0.05) is 27.2 Å². The molecule has 0 heterocycles. The van der Waals surface area contributed by atoms with Gasteiger partial charge in [0.25, 0.3) is 0 Å². The van der Waals surface area contributed by atoms with Gasteiger partial charge in [0.05, 0.1) is 5.54 Å². The van der Waals surface area contributed by atoms with Crippen molar-refractivity contribution in [3.8, 4) is 0 Å². The third kappa shape index (κ3) is 4.12. The lowest BCUT2D eigenvalue weighted by Gasteiger charge is -2.30. The second-order valence-corrected chi connectivity index (χ2v) is 4.62. The number of rotatable bonds is 4. The van der Waals surface area contributed by atoms with Crippen LogP contribution in [0, 0.1) is 10.9 Å². The maximum Gasteiger partial charge on any atom is 0.0762 e. The maximum absolute atomic E-state index is 6.99. The number of hydrogen-bond donors (Lipinski definition) is 1. The Labute approximate surface area is 69.9 Å². The van der Waals surface area contributed by atoms with Gasteiger partial charge in [0, 0.05) is 0 Å². The average molecular weight is 156 g/mol. The molecule has 11 heavy (non-hydrogen) atoms. The Balaban J connectivity index is 4.12. The van der Waals surface area contributed by atoms with E-state index in [0.29, 0.717) is 5.41 Å². The highest BCUT2D eigenvalue weighted by Crippen LogP contribution is 2.32. The lowest BCUT2D eigenvalue weighted by Crippen LogP contribution is -2.25. The molecule has 0 unspecified atom stereocenters. The smallest absolute Gasteiger partial charge is 0.0762 e. The van der Waals surface area contributed by atoms with Crippen molar-refractivity contribution < 1.29 is 0 Å². The van der Waals surface area contributed by atoms with E-state index in [9.17, 15) is 0 Å². The zero-order valence-electron chi connectivity index (χ0n) is 8.36. The fourth-order valence-corrected chi connectivity index (χ4v) is 1.34. The largest absolute Gasteiger partial charge is 0.209 e. The predicted octanol–water partition coefficient (Wildman–Crippen LogP) is 3.62. The minimum absolute atomic E-state index is 0.181. The molecule has 0 rings (SSSR count). The third-order valence-electron chi connectivity index (χ3n) is 2.17. The van der Waals surface area contributed by atoms with E-state index >= 15 is 0 Å². The monoisotopic (exact) mass is 156 g/mol. The van der Waals surface area contributed by atoms with E-state index in [0.717, 1.165) is 12.8 Å². The molecule has 0 aromatic carbocycles. The molecule has 66 valence electrons. The highest BCUT2D eigenvalue weighted by atomic mass is 15.0. The first-order chi connectivity index (χ1) is 4.83. The van der Waals surface area contributed by atoms with Gasteiger partial charge in [0.15, 0.2) is 0 Å². The summed E-state index contributed by atoms with van der Waals surface area (Å²) in [4.78, 5) is 0. The molecule has 0 aliphatic rings. The maximum atomic E-state index is 6.99. The lowest BCUT2D eigenvalue weighted by molar-refractivity contribution is 0.244. The zero-order valence-corrected chi connectivity index (χ0v) is 8.36. The molecule has 2 nitrogen and oxygen atoms in total. The summed E-state index contributed by atoms with van der Waals surface area (Å²) in [5.41, 5.74) is 7.12. The average Bonchev–Trinajstić information content (AvgIpc) is 1.86. The van der Waals surface area contributed by atoms with Gasteiger partial charge in [0.2, 0.25) is 0 Å². The van der Waals surface area contributed by atoms with Crippen LogP contribution in [-0.2, 0) is 0 Å². The Hall–Kier alpha value is -0.400. The molecular weight excluding hydrogens is 136 g/mol. The van der Waals surface area contributed by atoms with E-state index < -0.39 is 0 Å². The van der Waals surface area contributed by atoms with Crippen molar-refractivity contribution in [3.63, 3.8) is 0 Å². The summed E-state index contributed by atoms with van der Waals surface area (Å²) in [6, 6.07) is 0. The standard InChI is InChI=1S/C9H20N2/c1-6-8(2,3)7-9(4,5)11-10/h10H,6-7H2,1-5H3. The first-order valence-electron chi connectivity index (χ1n) is 4.21. The van der Waals surface area contributed by atoms with Crippen molar-refractivity contribution in [2.45, 2.75) is 53.0 Å². The Morgan fingerprint density at radius 2 is 1.64 bits per heavy atom. The molecule has 0 aromatic rings. The first-order valence-corrected chi connectivity index (χ1v) is 4.21. The molecule has 2 heteroatoms. The van der Waals surface area contributed by atoms with E-state index in [2.05, 4.69) is 25.9 Å². The highest BCUT2D eigenvalue weighted by Gasteiger charge is 2.26. The van der Waals surface area contributed by atoms with Crippen molar-refractivity contribution >= 4 is 0 Å². The third-order valence-corrected chi connectivity index (χ3v) is 2.17. The second-order valence-electron chi connectivity index (χ2n) is 4.62. The predicted molar refractivity (Wildman–Crippen MR) is 47.9 cm³/mol. The van der Waals surface area contributed by atoms with Crippen LogP contribution in [0.1, 0.15) is 47.5 Å². The van der Waals surface area contributed by atoms with Gasteiger partial charge in [-0.3, -0.25) is 0 Å². The Morgan fingerprint density at radius 3 is 1.91 bits per heavy atom. The fraction of sp³-hybridized carbons (Fsp3) is 1.00. The minimum Gasteiger partial charge on any atom is -0.209 e. The summed E-state index contributed by atoms with van der Waals surface area (Å²) in [6.45, 7) is 10.6. The molecule has 0 saturated heterocycles. The summed E-state index contributed by atoms with van der Waals surface area (Å²) in [5.74, 6) is 0. The molecule has 0 aromatic heterocycles. The second kappa shape index (κ2) is 3.33. The van der Waals surface area contributed by atoms with Gasteiger partial charge >= 0.3 is 0 Å². The molecule has 0 radical (unpaired) electrons. The van der Waals surface area contributed by atoms with Crippen LogP contribution >= 0.6 is 0 Å². The van der Waals surface area contributed by atoms with E-state index in [4.69, 9.17) is 5.53 Å². The highest BCUT2D eigenvalue weighted by molar-refractivity contribution is 4.82. The van der Waals surface area contributed by atoms with E-state index in [-0.39, 0.29) is 5.54 Å². The van der Waals surface area contributed by atoms with Crippen molar-refractivity contribution in [2.24, 2.45) is 10.5 Å². The van der Waals surface area contributed by atoms with Crippen LogP contribution in [0.25, 0.3) is 0 Å². The zero-order chi connectivity index (χ0) is 9.12. The summed E-state index contributed by atoms with van der Waals surface area (Å²) in [5, 5.41) is 3.60. The summed E-state index contributed by atoms with van der Waals surface area (Å²) < 4.78 is 0. The topological polar surface area (TPSA) is 36.2 Å². The van der Waals surface area contributed by atoms with Gasteiger partial charge in [-0.25, -0.2) is 5.53 Å². The molecule has 0 bridgehead atoms. The SMILES string of the molecule is CCC(C)(C)CC(C)(C)N=N. The van der Waals surface area contributed by atoms with Gasteiger partial charge in [-0.05, 0) is 25.7 Å². The van der Waals surface area contributed by atoms with Crippen molar-refractivity contribution in [1.29, 1.82) is 5.53 Å². The number of nitrogens with one attached hydrogen (secondary N) is 1. The molecule has 0 atom stereocenters. The quantitative estimate of drug-likeness (QED) is 0.603. The molecule has 0 saturated carbocycles. The normalized spacial score (nSPS) is 13.2.